The molecule has 0 aromatic rings. The van der Waals surface area contributed by atoms with Gasteiger partial charge in [-0.15, -0.1) is 0 Å². The number of ketones is 1. The molecule has 0 spiro atoms. The van der Waals surface area contributed by atoms with Crippen LogP contribution in [0.15, 0.2) is 0 Å². The van der Waals surface area contributed by atoms with Crippen LogP contribution >= 0.6 is 0 Å². The zero-order valence-electron chi connectivity index (χ0n) is 15.0. The number of unbranched alkanes of at least 4 members (excludes halogenated alkanes) is 8. The molecule has 122 valence electrons. The second-order valence-electron chi connectivity index (χ2n) is 5.23. The normalized spacial score (nSPS) is 11.1. The fourth-order valence-corrected chi connectivity index (χ4v) is 3.10. The van der Waals surface area contributed by atoms with Crippen LogP contribution < -0.4 is 29.6 Å². The van der Waals surface area contributed by atoms with Gasteiger partial charge in [-0.2, -0.15) is 8.42 Å². The Morgan fingerprint density at radius 2 is 1.38 bits per heavy atom. The molecule has 0 aromatic carbocycles. The van der Waals surface area contributed by atoms with Crippen LogP contribution in [0, 0.1) is 0 Å². The Bertz CT molecular complexity index is 347. The van der Waals surface area contributed by atoms with Gasteiger partial charge in [-0.3, -0.25) is 8.98 Å². The smallest absolute Gasteiger partial charge is 1.00 e. The predicted molar refractivity (Wildman–Crippen MR) is 83.4 cm³/mol. The first-order valence-electron chi connectivity index (χ1n) is 7.90. The summed E-state index contributed by atoms with van der Waals surface area (Å²) in [5, 5.41) is 0. The summed E-state index contributed by atoms with van der Waals surface area (Å²) in [6.07, 6.45) is 11.0. The molecular weight excluding hydrogens is 299 g/mol. The molecule has 6 heteroatoms. The maximum atomic E-state index is 11.5. The molecule has 0 rings (SSSR count). The van der Waals surface area contributed by atoms with Crippen LogP contribution in [-0.4, -0.2) is 26.6 Å². The summed E-state index contributed by atoms with van der Waals surface area (Å²) in [5.41, 5.74) is 0. The molecule has 0 atom stereocenters. The Morgan fingerprint density at radius 3 is 1.86 bits per heavy atom. The van der Waals surface area contributed by atoms with Crippen molar-refractivity contribution < 1.29 is 48.4 Å². The van der Waals surface area contributed by atoms with Gasteiger partial charge in [0.2, 0.25) is 0 Å². The van der Waals surface area contributed by atoms with E-state index < -0.39 is 15.9 Å². The van der Waals surface area contributed by atoms with Crippen LogP contribution in [0.5, 0.6) is 0 Å². The Kier molecular flexibility index (Phi) is 17.6. The van der Waals surface area contributed by atoms with E-state index in [0.717, 1.165) is 19.3 Å². The number of rotatable bonds is 14. The fraction of sp³-hybridized carbons (Fsp3) is 0.933. The minimum absolute atomic E-state index is 0. The van der Waals surface area contributed by atoms with E-state index in [1.165, 1.54) is 38.5 Å². The molecule has 4 nitrogen and oxygen atoms in total. The Hall–Kier alpha value is 0.580. The second-order valence-corrected chi connectivity index (χ2v) is 6.87. The van der Waals surface area contributed by atoms with Gasteiger partial charge < -0.3 is 1.43 Å². The van der Waals surface area contributed by atoms with E-state index in [0.29, 0.717) is 6.42 Å². The minimum atomic E-state index is -3.64. The number of hydrogen-bond acceptors (Lipinski definition) is 4. The molecule has 0 amide bonds. The average molecular weight is 330 g/mol. The SMILES string of the molecule is CCCCCCCCCCCC(=O)CS(=O)(=O)OCC.[H-].[Na+]. The molecule has 0 radical (unpaired) electrons. The minimum Gasteiger partial charge on any atom is -1.00 e. The zero-order valence-corrected chi connectivity index (χ0v) is 16.8. The number of carbonyl (C=O) groups is 1. The van der Waals surface area contributed by atoms with E-state index in [1.54, 1.807) is 6.92 Å². The topological polar surface area (TPSA) is 60.4 Å². The molecule has 21 heavy (non-hydrogen) atoms. The molecule has 0 saturated carbocycles. The molecule has 0 bridgehead atoms. The van der Waals surface area contributed by atoms with Gasteiger partial charge in [0.05, 0.1) is 6.61 Å². The van der Waals surface area contributed by atoms with Crippen LogP contribution in [0.3, 0.4) is 0 Å². The monoisotopic (exact) mass is 330 g/mol. The van der Waals surface area contributed by atoms with Crippen molar-refractivity contribution in [2.75, 3.05) is 12.4 Å². The van der Waals surface area contributed by atoms with Crippen molar-refractivity contribution in [3.8, 4) is 0 Å². The van der Waals surface area contributed by atoms with E-state index >= 15 is 0 Å². The molecule has 0 heterocycles. The van der Waals surface area contributed by atoms with Gasteiger partial charge >= 0.3 is 29.6 Å². The quantitative estimate of drug-likeness (QED) is 0.270. The Labute approximate surface area is 154 Å². The van der Waals surface area contributed by atoms with Crippen molar-refractivity contribution in [3.63, 3.8) is 0 Å². The van der Waals surface area contributed by atoms with Crippen molar-refractivity contribution in [3.05, 3.63) is 0 Å². The molecule has 0 fully saturated rings. The zero-order chi connectivity index (χ0) is 15.3. The largest absolute Gasteiger partial charge is 1.00 e. The first-order chi connectivity index (χ1) is 9.52. The summed E-state index contributed by atoms with van der Waals surface area (Å²) in [5.74, 6) is -0.709. The van der Waals surface area contributed by atoms with Crippen LogP contribution in [0.2, 0.25) is 0 Å². The summed E-state index contributed by atoms with van der Waals surface area (Å²) < 4.78 is 27.1. The Morgan fingerprint density at radius 1 is 0.905 bits per heavy atom. The molecule has 0 N–H and O–H groups in total. The molecule has 0 unspecified atom stereocenters. The van der Waals surface area contributed by atoms with E-state index in [9.17, 15) is 13.2 Å². The van der Waals surface area contributed by atoms with Gasteiger partial charge in [-0.25, -0.2) is 0 Å². The summed E-state index contributed by atoms with van der Waals surface area (Å²) in [6, 6.07) is 0. The van der Waals surface area contributed by atoms with Gasteiger partial charge in [-0.05, 0) is 13.3 Å². The van der Waals surface area contributed by atoms with E-state index in [4.69, 9.17) is 0 Å². The fourth-order valence-electron chi connectivity index (χ4n) is 2.12. The van der Waals surface area contributed by atoms with E-state index in [-0.39, 0.29) is 43.4 Å². The molecule has 0 saturated heterocycles. The average Bonchev–Trinajstić information content (AvgIpc) is 2.36. The summed E-state index contributed by atoms with van der Waals surface area (Å²) in [6.45, 7) is 3.90. The second kappa shape index (κ2) is 15.5. The van der Waals surface area contributed by atoms with Crippen molar-refractivity contribution in [1.29, 1.82) is 0 Å². The summed E-state index contributed by atoms with van der Waals surface area (Å²) >= 11 is 0. The number of Topliss-reactive ketones (excluding diaryl/α,β-unsaturated/α-hetero) is 1. The van der Waals surface area contributed by atoms with Crippen LogP contribution in [0.1, 0.15) is 79.5 Å². The van der Waals surface area contributed by atoms with Crippen molar-refractivity contribution >= 4 is 15.9 Å². The van der Waals surface area contributed by atoms with E-state index in [2.05, 4.69) is 11.1 Å². The third-order valence-electron chi connectivity index (χ3n) is 3.19. The standard InChI is InChI=1S/C15H30O4S.Na.H/c1-3-5-6-7-8-9-10-11-12-13-15(16)14-20(17,18)19-4-2;;/h3-14H2,1-2H3;;/q;+1;-1. The predicted octanol–water partition coefficient (Wildman–Crippen LogP) is 0.959. The maximum Gasteiger partial charge on any atom is 1.00 e. The maximum absolute atomic E-state index is 11.5. The molecule has 0 aliphatic heterocycles. The number of carbonyl (C=O) groups excluding carboxylic acids is 1. The number of hydrogen-bond donors (Lipinski definition) is 0. The van der Waals surface area contributed by atoms with Crippen molar-refractivity contribution in [2.24, 2.45) is 0 Å². The summed E-state index contributed by atoms with van der Waals surface area (Å²) in [4.78, 5) is 11.5. The Balaban J connectivity index is -0.00000180. The first-order valence-corrected chi connectivity index (χ1v) is 9.48. The first kappa shape index (κ1) is 23.8. The van der Waals surface area contributed by atoms with Gasteiger partial charge in [0.15, 0.2) is 0 Å². The van der Waals surface area contributed by atoms with Gasteiger partial charge in [0, 0.05) is 6.42 Å². The third kappa shape index (κ3) is 16.8. The van der Waals surface area contributed by atoms with Crippen LogP contribution in [0.25, 0.3) is 0 Å². The van der Waals surface area contributed by atoms with Gasteiger partial charge in [0.25, 0.3) is 10.1 Å². The van der Waals surface area contributed by atoms with E-state index in [1.807, 2.05) is 0 Å². The van der Waals surface area contributed by atoms with Gasteiger partial charge in [-0.1, -0.05) is 58.3 Å². The van der Waals surface area contributed by atoms with Crippen LogP contribution in [-0.2, 0) is 19.1 Å². The van der Waals surface area contributed by atoms with Gasteiger partial charge in [0.1, 0.15) is 11.5 Å². The molecule has 0 aliphatic carbocycles. The molecule has 0 aliphatic rings. The molecular formula is C15H31NaO4S. The van der Waals surface area contributed by atoms with Crippen molar-refractivity contribution in [2.45, 2.75) is 78.1 Å². The summed E-state index contributed by atoms with van der Waals surface area (Å²) in [7, 11) is -3.64. The molecule has 0 aromatic heterocycles. The van der Waals surface area contributed by atoms with Crippen molar-refractivity contribution in [1.82, 2.24) is 0 Å². The third-order valence-corrected chi connectivity index (χ3v) is 4.46. The van der Waals surface area contributed by atoms with Crippen LogP contribution in [0.4, 0.5) is 0 Å².